The van der Waals surface area contributed by atoms with Crippen molar-refractivity contribution in [1.82, 2.24) is 0 Å². The quantitative estimate of drug-likeness (QED) is 0.340. The molecule has 0 aliphatic heterocycles. The number of nitrogens with two attached hydrogens (primary N) is 1. The van der Waals surface area contributed by atoms with Gasteiger partial charge in [0.25, 0.3) is 0 Å². The molecule has 2 N–H and O–H groups in total. The van der Waals surface area contributed by atoms with E-state index in [1.165, 1.54) is 6.08 Å². The first-order valence-corrected chi connectivity index (χ1v) is 7.25. The number of nitrogens with zero attached hydrogens (tertiary/aromatic N) is 1. The molecule has 0 aromatic heterocycles. The number of likely N-dealkylation sites (N-methyl/N-ethyl adjacent to an activating group) is 1. The number of carbonyl (C=O) groups excluding carboxylic acids is 1. The van der Waals surface area contributed by atoms with Crippen molar-refractivity contribution in [2.75, 3.05) is 40.9 Å². The van der Waals surface area contributed by atoms with Gasteiger partial charge in [-0.3, -0.25) is 4.79 Å². The molecule has 0 unspecified atom stereocenters. The van der Waals surface area contributed by atoms with Crippen molar-refractivity contribution in [3.8, 4) is 0 Å². The van der Waals surface area contributed by atoms with Crippen LogP contribution in [0.4, 0.5) is 0 Å². The minimum Gasteiger partial charge on any atom is -0.404 e. The van der Waals surface area contributed by atoms with Crippen molar-refractivity contribution < 1.29 is 26.1 Å². The second-order valence-corrected chi connectivity index (χ2v) is 6.28. The molecular formula is C11H23N2O5S+. The highest BCUT2D eigenvalue weighted by molar-refractivity contribution is 7.81. The van der Waals surface area contributed by atoms with E-state index in [2.05, 4.69) is 8.37 Å². The molecule has 19 heavy (non-hydrogen) atoms. The summed E-state index contributed by atoms with van der Waals surface area (Å²) in [7, 11) is 1.79. The first-order valence-electron chi connectivity index (χ1n) is 5.91. The molecule has 0 rings (SSSR count). The van der Waals surface area contributed by atoms with E-state index in [-0.39, 0.29) is 25.4 Å². The minimum absolute atomic E-state index is 0.0562. The van der Waals surface area contributed by atoms with Crippen LogP contribution in [-0.2, 0) is 23.6 Å². The zero-order valence-corrected chi connectivity index (χ0v) is 12.5. The predicted molar refractivity (Wildman–Crippen MR) is 71.3 cm³/mol. The van der Waals surface area contributed by atoms with Gasteiger partial charge < -0.3 is 10.2 Å². The summed E-state index contributed by atoms with van der Waals surface area (Å²) in [5, 5.41) is 0. The molecule has 0 aliphatic carbocycles. The average molecular weight is 295 g/mol. The van der Waals surface area contributed by atoms with Crippen LogP contribution in [0.15, 0.2) is 12.3 Å². The summed E-state index contributed by atoms with van der Waals surface area (Å²) in [4.78, 5) is 11.0. The average Bonchev–Trinajstić information content (AvgIpc) is 2.22. The molecule has 7 nitrogen and oxygen atoms in total. The molecule has 8 heteroatoms. The summed E-state index contributed by atoms with van der Waals surface area (Å²) in [5.74, 6) is -0.172. The van der Waals surface area contributed by atoms with E-state index in [0.717, 1.165) is 6.20 Å². The Morgan fingerprint density at radius 1 is 1.21 bits per heavy atom. The Labute approximate surface area is 114 Å². The number of hydrogen-bond acceptors (Lipinski definition) is 6. The Morgan fingerprint density at radius 2 is 1.79 bits per heavy atom. The van der Waals surface area contributed by atoms with E-state index in [1.807, 2.05) is 21.1 Å². The highest BCUT2D eigenvalue weighted by Gasteiger charge is 2.15. The zero-order chi connectivity index (χ0) is 14.9. The first-order chi connectivity index (χ1) is 8.66. The van der Waals surface area contributed by atoms with Crippen LogP contribution in [0.2, 0.25) is 0 Å². The lowest BCUT2D eigenvalue weighted by atomic mass is 10.2. The van der Waals surface area contributed by atoms with Gasteiger partial charge in [-0.05, 0) is 18.7 Å². The van der Waals surface area contributed by atoms with E-state index in [0.29, 0.717) is 17.4 Å². The second kappa shape index (κ2) is 8.26. The Hall–Kier alpha value is -0.960. The fourth-order valence-corrected chi connectivity index (χ4v) is 1.71. The summed E-state index contributed by atoms with van der Waals surface area (Å²) in [6, 6.07) is 0. The summed E-state index contributed by atoms with van der Waals surface area (Å²) in [6.07, 6.45) is 2.85. The van der Waals surface area contributed by atoms with Gasteiger partial charge in [-0.25, -0.2) is 8.37 Å². The van der Waals surface area contributed by atoms with Crippen LogP contribution in [0.5, 0.6) is 0 Å². The lowest BCUT2D eigenvalue weighted by molar-refractivity contribution is -0.870. The Morgan fingerprint density at radius 3 is 2.32 bits per heavy atom. The van der Waals surface area contributed by atoms with Crippen molar-refractivity contribution in [3.63, 3.8) is 0 Å². The Balaban J connectivity index is 3.83. The molecule has 0 bridgehead atoms. The molecule has 0 heterocycles. The summed E-state index contributed by atoms with van der Waals surface area (Å²) >= 11 is 0. The fraction of sp³-hybridized carbons (Fsp3) is 0.727. The summed E-state index contributed by atoms with van der Waals surface area (Å²) in [5.41, 5.74) is 5.04. The van der Waals surface area contributed by atoms with Crippen LogP contribution in [-0.4, -0.2) is 59.6 Å². The van der Waals surface area contributed by atoms with E-state index < -0.39 is 10.4 Å². The van der Waals surface area contributed by atoms with Crippen molar-refractivity contribution in [2.24, 2.45) is 5.73 Å². The van der Waals surface area contributed by atoms with E-state index in [9.17, 15) is 13.2 Å². The van der Waals surface area contributed by atoms with Crippen LogP contribution in [0.25, 0.3) is 0 Å². The van der Waals surface area contributed by atoms with Gasteiger partial charge >= 0.3 is 10.4 Å². The van der Waals surface area contributed by atoms with E-state index >= 15 is 0 Å². The normalized spacial score (nSPS) is 13.0. The lowest BCUT2D eigenvalue weighted by Crippen LogP contribution is -2.38. The third-order valence-electron chi connectivity index (χ3n) is 2.07. The maximum atomic E-state index is 11.3. The molecule has 0 amide bonds. The number of rotatable bonds is 10. The fourth-order valence-electron chi connectivity index (χ4n) is 1.05. The van der Waals surface area contributed by atoms with Gasteiger partial charge in [0.05, 0.1) is 27.7 Å². The van der Waals surface area contributed by atoms with Gasteiger partial charge in [-0.15, -0.1) is 0 Å². The van der Waals surface area contributed by atoms with Gasteiger partial charge in [0.1, 0.15) is 13.2 Å². The molecule has 0 radical (unpaired) electrons. The maximum Gasteiger partial charge on any atom is 0.400 e. The SMILES string of the molecule is C[N+](C)(C)CCOS(=O)(=O)OCCCC(=O)C=CN. The number of allylic oxidation sites excluding steroid dienone is 1. The Kier molecular flexibility index (Phi) is 7.84. The van der Waals surface area contributed by atoms with Gasteiger partial charge in [0.15, 0.2) is 5.78 Å². The molecule has 0 fully saturated rings. The van der Waals surface area contributed by atoms with Crippen LogP contribution in [0.1, 0.15) is 12.8 Å². The highest BCUT2D eigenvalue weighted by Crippen LogP contribution is 2.01. The van der Waals surface area contributed by atoms with Crippen LogP contribution < -0.4 is 5.73 Å². The van der Waals surface area contributed by atoms with Gasteiger partial charge in [-0.2, -0.15) is 8.42 Å². The molecule has 0 aromatic carbocycles. The topological polar surface area (TPSA) is 95.7 Å². The van der Waals surface area contributed by atoms with Crippen molar-refractivity contribution >= 4 is 16.2 Å². The molecule has 112 valence electrons. The third-order valence-corrected chi connectivity index (χ3v) is 2.98. The number of carbonyl (C=O) groups is 1. The standard InChI is InChI=1S/C11H22N2O5S/c1-13(2,3)8-10-18-19(15,16)17-9-4-5-11(14)6-7-12/h6-7H,4-5,8-10H2,1-3H3,(H-,12,14)/p+1. The molecular weight excluding hydrogens is 272 g/mol. The van der Waals surface area contributed by atoms with Crippen LogP contribution in [0.3, 0.4) is 0 Å². The smallest absolute Gasteiger partial charge is 0.400 e. The van der Waals surface area contributed by atoms with Gasteiger partial charge in [0, 0.05) is 6.42 Å². The molecule has 0 aromatic rings. The van der Waals surface area contributed by atoms with Gasteiger partial charge in [-0.1, -0.05) is 0 Å². The molecule has 0 spiro atoms. The largest absolute Gasteiger partial charge is 0.404 e. The van der Waals surface area contributed by atoms with E-state index in [1.54, 1.807) is 0 Å². The number of ketones is 1. The van der Waals surface area contributed by atoms with Gasteiger partial charge in [0.2, 0.25) is 0 Å². The van der Waals surface area contributed by atoms with Crippen LogP contribution >= 0.6 is 0 Å². The third kappa shape index (κ3) is 11.8. The Bertz CT molecular complexity index is 398. The monoisotopic (exact) mass is 295 g/mol. The maximum absolute atomic E-state index is 11.3. The van der Waals surface area contributed by atoms with Crippen molar-refractivity contribution in [3.05, 3.63) is 12.3 Å². The number of hydrogen-bond donors (Lipinski definition) is 1. The van der Waals surface area contributed by atoms with E-state index in [4.69, 9.17) is 5.73 Å². The molecule has 0 saturated carbocycles. The van der Waals surface area contributed by atoms with Crippen molar-refractivity contribution in [1.29, 1.82) is 0 Å². The van der Waals surface area contributed by atoms with Crippen LogP contribution in [0, 0.1) is 0 Å². The summed E-state index contributed by atoms with van der Waals surface area (Å²) in [6.45, 7) is 0.514. The first kappa shape index (κ1) is 18.0. The predicted octanol–water partition coefficient (Wildman–Crippen LogP) is -0.208. The molecule has 0 saturated heterocycles. The summed E-state index contributed by atoms with van der Waals surface area (Å²) < 4.78 is 32.5. The number of quaternary nitrogens is 1. The molecule has 0 atom stereocenters. The molecule has 0 aliphatic rings. The minimum atomic E-state index is -3.98. The lowest BCUT2D eigenvalue weighted by Gasteiger charge is -2.23. The zero-order valence-electron chi connectivity index (χ0n) is 11.7. The second-order valence-electron chi connectivity index (χ2n) is 5.00. The highest BCUT2D eigenvalue weighted by atomic mass is 32.3. The van der Waals surface area contributed by atoms with Crippen molar-refractivity contribution in [2.45, 2.75) is 12.8 Å².